The number of hydrogen-bond acceptors (Lipinski definition) is 3. The van der Waals surface area contributed by atoms with Crippen molar-refractivity contribution in [3.63, 3.8) is 0 Å². The molecule has 0 N–H and O–H groups in total. The number of hydroxylamine groups is 2. The molecule has 0 radical (unpaired) electrons. The molecule has 2 fully saturated rings. The smallest absolute Gasteiger partial charge is 0.0737 e. The molecule has 0 aromatic heterocycles. The predicted octanol–water partition coefficient (Wildman–Crippen LogP) is 1.35. The van der Waals surface area contributed by atoms with E-state index in [1.165, 1.54) is 13.1 Å². The molecular weight excluding hydrogens is 176 g/mol. The fourth-order valence-electron chi connectivity index (χ4n) is 2.46. The predicted molar refractivity (Wildman–Crippen MR) is 56.9 cm³/mol. The Morgan fingerprint density at radius 1 is 1.00 bits per heavy atom. The number of hydrogen-bond donors (Lipinski definition) is 0. The molecule has 0 saturated carbocycles. The maximum atomic E-state index is 5.63. The molecule has 14 heavy (non-hydrogen) atoms. The minimum atomic E-state index is 0.327. The first-order valence-corrected chi connectivity index (χ1v) is 5.67. The summed E-state index contributed by atoms with van der Waals surface area (Å²) in [7, 11) is 0. The summed E-state index contributed by atoms with van der Waals surface area (Å²) in [5, 5.41) is 2.11. The van der Waals surface area contributed by atoms with Gasteiger partial charge in [-0.05, 0) is 27.7 Å². The highest BCUT2D eigenvalue weighted by atomic mass is 16.7. The Morgan fingerprint density at radius 2 is 1.57 bits per heavy atom. The summed E-state index contributed by atoms with van der Waals surface area (Å²) in [6.07, 6.45) is 0.327. The van der Waals surface area contributed by atoms with E-state index in [0.717, 1.165) is 13.1 Å². The molecule has 2 saturated heterocycles. The van der Waals surface area contributed by atoms with Crippen molar-refractivity contribution in [3.8, 4) is 0 Å². The van der Waals surface area contributed by atoms with Gasteiger partial charge in [-0.3, -0.25) is 9.74 Å². The van der Waals surface area contributed by atoms with Gasteiger partial charge < -0.3 is 0 Å². The Hall–Kier alpha value is -0.120. The largest absolute Gasteiger partial charge is 0.300 e. The Kier molecular flexibility index (Phi) is 2.58. The molecule has 2 aliphatic rings. The van der Waals surface area contributed by atoms with Crippen LogP contribution in [-0.4, -0.2) is 48.3 Å². The second-order valence-electron chi connectivity index (χ2n) is 5.45. The van der Waals surface area contributed by atoms with Crippen LogP contribution >= 0.6 is 0 Å². The maximum absolute atomic E-state index is 5.63. The van der Waals surface area contributed by atoms with Crippen molar-refractivity contribution in [2.24, 2.45) is 5.41 Å². The lowest BCUT2D eigenvalue weighted by Gasteiger charge is -2.60. The van der Waals surface area contributed by atoms with Gasteiger partial charge in [-0.15, -0.1) is 0 Å². The topological polar surface area (TPSA) is 15.7 Å². The molecular formula is C11H22N2O. The molecule has 0 aliphatic carbocycles. The van der Waals surface area contributed by atoms with E-state index in [4.69, 9.17) is 4.84 Å². The van der Waals surface area contributed by atoms with Crippen LogP contribution < -0.4 is 0 Å². The van der Waals surface area contributed by atoms with Gasteiger partial charge in [0.05, 0.1) is 6.10 Å². The normalized spacial score (nSPS) is 27.0. The number of likely N-dealkylation sites (tertiary alicyclic amines) is 1. The second kappa shape index (κ2) is 3.47. The van der Waals surface area contributed by atoms with Crippen LogP contribution in [0.4, 0.5) is 0 Å². The summed E-state index contributed by atoms with van der Waals surface area (Å²) in [6, 6.07) is 0.709. The Labute approximate surface area is 87.0 Å². The van der Waals surface area contributed by atoms with E-state index in [2.05, 4.69) is 37.7 Å². The fraction of sp³-hybridized carbons (Fsp3) is 1.00. The van der Waals surface area contributed by atoms with Crippen LogP contribution in [0.25, 0.3) is 0 Å². The highest BCUT2D eigenvalue weighted by molar-refractivity contribution is 5.04. The fourth-order valence-corrected chi connectivity index (χ4v) is 2.46. The van der Waals surface area contributed by atoms with Crippen LogP contribution in [0.2, 0.25) is 0 Å². The Balaban J connectivity index is 1.69. The van der Waals surface area contributed by atoms with Crippen LogP contribution in [0.15, 0.2) is 0 Å². The monoisotopic (exact) mass is 198 g/mol. The minimum absolute atomic E-state index is 0.327. The zero-order valence-corrected chi connectivity index (χ0v) is 9.79. The first-order chi connectivity index (χ1) is 6.51. The summed E-state index contributed by atoms with van der Waals surface area (Å²) in [5.41, 5.74) is 0.582. The van der Waals surface area contributed by atoms with Gasteiger partial charge in [0.15, 0.2) is 0 Å². The lowest BCUT2D eigenvalue weighted by atomic mass is 9.73. The van der Waals surface area contributed by atoms with Crippen LogP contribution in [0, 0.1) is 5.41 Å². The summed E-state index contributed by atoms with van der Waals surface area (Å²) in [5.74, 6) is 0. The number of nitrogens with zero attached hydrogens (tertiary/aromatic N) is 2. The van der Waals surface area contributed by atoms with Gasteiger partial charge in [0, 0.05) is 37.6 Å². The third kappa shape index (κ3) is 1.81. The highest BCUT2D eigenvalue weighted by Crippen LogP contribution is 2.40. The Morgan fingerprint density at radius 3 is 2.00 bits per heavy atom. The molecule has 0 atom stereocenters. The zero-order valence-electron chi connectivity index (χ0n) is 9.79. The van der Waals surface area contributed by atoms with Gasteiger partial charge in [-0.1, -0.05) is 0 Å². The first kappa shape index (κ1) is 10.4. The van der Waals surface area contributed by atoms with E-state index in [1.54, 1.807) is 0 Å². The molecule has 0 unspecified atom stereocenters. The van der Waals surface area contributed by atoms with Crippen molar-refractivity contribution in [2.75, 3.05) is 26.2 Å². The lowest BCUT2D eigenvalue weighted by Crippen LogP contribution is -2.72. The van der Waals surface area contributed by atoms with E-state index in [-0.39, 0.29) is 0 Å². The minimum Gasteiger partial charge on any atom is -0.300 e. The van der Waals surface area contributed by atoms with Gasteiger partial charge in [0.25, 0.3) is 0 Å². The van der Waals surface area contributed by atoms with Crippen LogP contribution in [0.3, 0.4) is 0 Å². The van der Waals surface area contributed by atoms with Crippen LogP contribution in [0.5, 0.6) is 0 Å². The Bertz CT molecular complexity index is 201. The standard InChI is InChI=1S/C11H22N2O/c1-9(2)12-5-11(6-12)7-13(8-11)14-10(3)4/h9-10H,5-8H2,1-4H3. The van der Waals surface area contributed by atoms with Gasteiger partial charge in [0.2, 0.25) is 0 Å². The van der Waals surface area contributed by atoms with Gasteiger partial charge >= 0.3 is 0 Å². The SMILES string of the molecule is CC(C)ON1CC2(C1)CN(C(C)C)C2. The molecule has 3 heteroatoms. The summed E-state index contributed by atoms with van der Waals surface area (Å²) < 4.78 is 0. The molecule has 3 nitrogen and oxygen atoms in total. The lowest BCUT2D eigenvalue weighted by molar-refractivity contribution is -0.295. The van der Waals surface area contributed by atoms with E-state index in [0.29, 0.717) is 17.6 Å². The molecule has 1 spiro atoms. The zero-order chi connectivity index (χ0) is 10.3. The summed E-state index contributed by atoms with van der Waals surface area (Å²) in [4.78, 5) is 8.16. The number of rotatable bonds is 3. The molecule has 2 rings (SSSR count). The highest BCUT2D eigenvalue weighted by Gasteiger charge is 2.52. The third-order valence-electron chi connectivity index (χ3n) is 3.19. The second-order valence-corrected chi connectivity index (χ2v) is 5.45. The van der Waals surface area contributed by atoms with Crippen molar-refractivity contribution < 1.29 is 4.84 Å². The molecule has 0 bridgehead atoms. The molecule has 0 amide bonds. The van der Waals surface area contributed by atoms with E-state index >= 15 is 0 Å². The summed E-state index contributed by atoms with van der Waals surface area (Å²) >= 11 is 0. The maximum Gasteiger partial charge on any atom is 0.0737 e. The van der Waals surface area contributed by atoms with Crippen molar-refractivity contribution >= 4 is 0 Å². The van der Waals surface area contributed by atoms with Crippen molar-refractivity contribution in [1.29, 1.82) is 0 Å². The third-order valence-corrected chi connectivity index (χ3v) is 3.19. The van der Waals surface area contributed by atoms with Crippen molar-refractivity contribution in [3.05, 3.63) is 0 Å². The molecule has 0 aromatic carbocycles. The van der Waals surface area contributed by atoms with E-state index < -0.39 is 0 Å². The molecule has 0 aromatic rings. The van der Waals surface area contributed by atoms with Crippen molar-refractivity contribution in [2.45, 2.75) is 39.8 Å². The van der Waals surface area contributed by atoms with Crippen LogP contribution in [0.1, 0.15) is 27.7 Å². The quantitative estimate of drug-likeness (QED) is 0.681. The molecule has 82 valence electrons. The van der Waals surface area contributed by atoms with Gasteiger partial charge in [0.1, 0.15) is 0 Å². The molecule has 2 aliphatic heterocycles. The summed E-state index contributed by atoms with van der Waals surface area (Å²) in [6.45, 7) is 13.5. The van der Waals surface area contributed by atoms with E-state index in [1.807, 2.05) is 0 Å². The average Bonchev–Trinajstić information content (AvgIpc) is 1.89. The first-order valence-electron chi connectivity index (χ1n) is 5.67. The van der Waals surface area contributed by atoms with E-state index in [9.17, 15) is 0 Å². The average molecular weight is 198 g/mol. The van der Waals surface area contributed by atoms with Crippen LogP contribution in [-0.2, 0) is 4.84 Å². The van der Waals surface area contributed by atoms with Crippen molar-refractivity contribution in [1.82, 2.24) is 9.96 Å². The molecule has 2 heterocycles. The van der Waals surface area contributed by atoms with Gasteiger partial charge in [-0.25, -0.2) is 0 Å². The van der Waals surface area contributed by atoms with Gasteiger partial charge in [-0.2, -0.15) is 5.06 Å².